The van der Waals surface area contributed by atoms with E-state index in [2.05, 4.69) is 5.32 Å². The van der Waals surface area contributed by atoms with Gasteiger partial charge in [0.25, 0.3) is 0 Å². The Morgan fingerprint density at radius 3 is 2.68 bits per heavy atom. The molecule has 0 fully saturated rings. The molecule has 0 aliphatic heterocycles. The number of nitrogens with one attached hydrogen (secondary N) is 1. The van der Waals surface area contributed by atoms with Crippen molar-refractivity contribution in [3.8, 4) is 5.75 Å². The molecule has 0 saturated heterocycles. The molecule has 2 N–H and O–H groups in total. The van der Waals surface area contributed by atoms with E-state index < -0.39 is 0 Å². The van der Waals surface area contributed by atoms with Gasteiger partial charge in [-0.05, 0) is 37.1 Å². The van der Waals surface area contributed by atoms with E-state index in [-0.39, 0.29) is 24.4 Å². The van der Waals surface area contributed by atoms with Crippen LogP contribution in [0.15, 0.2) is 24.3 Å². The zero-order valence-electron chi connectivity index (χ0n) is 11.1. The van der Waals surface area contributed by atoms with Crippen molar-refractivity contribution in [1.29, 1.82) is 0 Å². The summed E-state index contributed by atoms with van der Waals surface area (Å²) in [6.07, 6.45) is 1.62. The summed E-state index contributed by atoms with van der Waals surface area (Å²) in [5, 5.41) is 11.7. The van der Waals surface area contributed by atoms with Crippen molar-refractivity contribution in [2.75, 3.05) is 13.2 Å². The Morgan fingerprint density at radius 1 is 1.42 bits per heavy atom. The summed E-state index contributed by atoms with van der Waals surface area (Å²) in [4.78, 5) is 11.5. The second kappa shape index (κ2) is 8.48. The molecule has 0 aliphatic carbocycles. The van der Waals surface area contributed by atoms with Crippen LogP contribution in [0.3, 0.4) is 0 Å². The van der Waals surface area contributed by atoms with Crippen LogP contribution >= 0.6 is 0 Å². The second-order valence-corrected chi connectivity index (χ2v) is 4.26. The Balaban J connectivity index is 2.16. The molecular weight excluding hydrogens is 249 g/mol. The third-order valence-corrected chi connectivity index (χ3v) is 2.71. The Hall–Kier alpha value is -1.62. The minimum absolute atomic E-state index is 0.0473. The summed E-state index contributed by atoms with van der Waals surface area (Å²) in [5.74, 6) is 0.188. The molecule has 0 bridgehead atoms. The second-order valence-electron chi connectivity index (χ2n) is 4.26. The Labute approximate surface area is 112 Å². The van der Waals surface area contributed by atoms with E-state index >= 15 is 0 Å². The summed E-state index contributed by atoms with van der Waals surface area (Å²) >= 11 is 0. The predicted molar refractivity (Wildman–Crippen MR) is 70.4 cm³/mol. The summed E-state index contributed by atoms with van der Waals surface area (Å²) < 4.78 is 18.0. The highest BCUT2D eigenvalue weighted by Crippen LogP contribution is 2.11. The number of hydrogen-bond acceptors (Lipinski definition) is 3. The van der Waals surface area contributed by atoms with Crippen molar-refractivity contribution in [2.45, 2.75) is 32.2 Å². The van der Waals surface area contributed by atoms with E-state index in [4.69, 9.17) is 9.84 Å². The predicted octanol–water partition coefficient (Wildman–Crippen LogP) is 1.87. The van der Waals surface area contributed by atoms with Crippen LogP contribution in [0.4, 0.5) is 4.39 Å². The fraction of sp³-hybridized carbons (Fsp3) is 0.500. The number of aliphatic hydroxyl groups excluding tert-OH is 1. The first-order chi connectivity index (χ1) is 9.15. The lowest BCUT2D eigenvalue weighted by atomic mass is 10.2. The molecule has 1 aromatic rings. The van der Waals surface area contributed by atoms with Crippen molar-refractivity contribution in [1.82, 2.24) is 5.32 Å². The molecule has 4 nitrogen and oxygen atoms in total. The van der Waals surface area contributed by atoms with E-state index in [1.807, 2.05) is 6.92 Å². The van der Waals surface area contributed by atoms with Crippen molar-refractivity contribution < 1.29 is 19.0 Å². The van der Waals surface area contributed by atoms with Gasteiger partial charge in [-0.2, -0.15) is 0 Å². The molecular formula is C14H20FNO3. The van der Waals surface area contributed by atoms with E-state index in [9.17, 15) is 9.18 Å². The monoisotopic (exact) mass is 269 g/mol. The van der Waals surface area contributed by atoms with Gasteiger partial charge in [0, 0.05) is 6.42 Å². The highest BCUT2D eigenvalue weighted by Gasteiger charge is 2.08. The number of aliphatic hydroxyl groups is 1. The maximum Gasteiger partial charge on any atom is 0.220 e. The van der Waals surface area contributed by atoms with Gasteiger partial charge >= 0.3 is 0 Å². The van der Waals surface area contributed by atoms with Crippen molar-refractivity contribution in [2.24, 2.45) is 0 Å². The molecule has 0 saturated carbocycles. The van der Waals surface area contributed by atoms with Crippen LogP contribution in [0.25, 0.3) is 0 Å². The molecule has 1 amide bonds. The van der Waals surface area contributed by atoms with Crippen LogP contribution in [0.1, 0.15) is 26.2 Å². The summed E-state index contributed by atoms with van der Waals surface area (Å²) in [7, 11) is 0. The first kappa shape index (κ1) is 15.4. The van der Waals surface area contributed by atoms with Crippen LogP contribution < -0.4 is 10.1 Å². The summed E-state index contributed by atoms with van der Waals surface area (Å²) in [5.41, 5.74) is 0. The fourth-order valence-corrected chi connectivity index (χ4v) is 1.53. The molecule has 0 aliphatic rings. The zero-order chi connectivity index (χ0) is 14.1. The molecule has 0 radical (unpaired) electrons. The lowest BCUT2D eigenvalue weighted by Gasteiger charge is -2.13. The van der Waals surface area contributed by atoms with Gasteiger partial charge in [0.05, 0.1) is 19.3 Å². The SMILES string of the molecule is CC[C@@H](CO)NC(=O)CCCOc1ccc(F)cc1. The molecule has 0 spiro atoms. The topological polar surface area (TPSA) is 58.6 Å². The number of amides is 1. The maximum absolute atomic E-state index is 12.6. The lowest BCUT2D eigenvalue weighted by Crippen LogP contribution is -2.36. The minimum atomic E-state index is -0.304. The smallest absolute Gasteiger partial charge is 0.220 e. The average molecular weight is 269 g/mol. The number of benzene rings is 1. The number of hydrogen-bond donors (Lipinski definition) is 2. The maximum atomic E-state index is 12.6. The number of rotatable bonds is 8. The Bertz CT molecular complexity index is 377. The minimum Gasteiger partial charge on any atom is -0.494 e. The van der Waals surface area contributed by atoms with Gasteiger partial charge in [-0.1, -0.05) is 6.92 Å². The number of carbonyl (C=O) groups is 1. The van der Waals surface area contributed by atoms with E-state index in [0.717, 1.165) is 0 Å². The van der Waals surface area contributed by atoms with Gasteiger partial charge in [0.1, 0.15) is 11.6 Å². The normalized spacial score (nSPS) is 11.9. The standard InChI is InChI=1S/C14H20FNO3/c1-2-12(10-17)16-14(18)4-3-9-19-13-7-5-11(15)6-8-13/h5-8,12,17H,2-4,9-10H2,1H3,(H,16,18)/t12-/m0/s1. The molecule has 106 valence electrons. The summed E-state index contributed by atoms with van der Waals surface area (Å²) in [6.45, 7) is 2.25. The zero-order valence-corrected chi connectivity index (χ0v) is 11.1. The molecule has 5 heteroatoms. The Kier molecular flexibility index (Phi) is 6.89. The average Bonchev–Trinajstić information content (AvgIpc) is 2.43. The van der Waals surface area contributed by atoms with Crippen LogP contribution in [0.5, 0.6) is 5.75 Å². The first-order valence-electron chi connectivity index (χ1n) is 6.44. The van der Waals surface area contributed by atoms with E-state index in [1.54, 1.807) is 12.1 Å². The number of carbonyl (C=O) groups excluding carboxylic acids is 1. The lowest BCUT2D eigenvalue weighted by molar-refractivity contribution is -0.122. The quantitative estimate of drug-likeness (QED) is 0.708. The van der Waals surface area contributed by atoms with Gasteiger partial charge in [-0.25, -0.2) is 4.39 Å². The van der Waals surface area contributed by atoms with Gasteiger partial charge in [0.2, 0.25) is 5.91 Å². The molecule has 0 heterocycles. The largest absolute Gasteiger partial charge is 0.494 e. The molecule has 1 atom stereocenters. The highest BCUT2D eigenvalue weighted by molar-refractivity contribution is 5.76. The van der Waals surface area contributed by atoms with Crippen molar-refractivity contribution in [3.63, 3.8) is 0 Å². The van der Waals surface area contributed by atoms with Gasteiger partial charge in [-0.15, -0.1) is 0 Å². The molecule has 1 rings (SSSR count). The van der Waals surface area contributed by atoms with Crippen LogP contribution in [-0.2, 0) is 4.79 Å². The van der Waals surface area contributed by atoms with Crippen LogP contribution in [0.2, 0.25) is 0 Å². The molecule has 0 unspecified atom stereocenters. The summed E-state index contributed by atoms with van der Waals surface area (Å²) in [6, 6.07) is 5.58. The Morgan fingerprint density at radius 2 is 2.11 bits per heavy atom. The highest BCUT2D eigenvalue weighted by atomic mass is 19.1. The number of halogens is 1. The fourth-order valence-electron chi connectivity index (χ4n) is 1.53. The third kappa shape index (κ3) is 6.20. The van der Waals surface area contributed by atoms with Crippen molar-refractivity contribution >= 4 is 5.91 Å². The van der Waals surface area contributed by atoms with Gasteiger partial charge in [-0.3, -0.25) is 4.79 Å². The van der Waals surface area contributed by atoms with Gasteiger partial charge in [0.15, 0.2) is 0 Å². The van der Waals surface area contributed by atoms with E-state index in [0.29, 0.717) is 31.6 Å². The van der Waals surface area contributed by atoms with Crippen LogP contribution in [-0.4, -0.2) is 30.3 Å². The molecule has 0 aromatic heterocycles. The van der Waals surface area contributed by atoms with E-state index in [1.165, 1.54) is 12.1 Å². The van der Waals surface area contributed by atoms with Crippen molar-refractivity contribution in [3.05, 3.63) is 30.1 Å². The van der Waals surface area contributed by atoms with Gasteiger partial charge < -0.3 is 15.2 Å². The molecule has 19 heavy (non-hydrogen) atoms. The number of ether oxygens (including phenoxy) is 1. The van der Waals surface area contributed by atoms with Crippen LogP contribution in [0, 0.1) is 5.82 Å². The first-order valence-corrected chi connectivity index (χ1v) is 6.44. The third-order valence-electron chi connectivity index (χ3n) is 2.71. The molecule has 1 aromatic carbocycles.